The van der Waals surface area contributed by atoms with Gasteiger partial charge in [-0.05, 0) is 55.7 Å². The van der Waals surface area contributed by atoms with Gasteiger partial charge in [0.1, 0.15) is 0 Å². The van der Waals surface area contributed by atoms with Gasteiger partial charge in [-0.15, -0.1) is 0 Å². The lowest BCUT2D eigenvalue weighted by Gasteiger charge is -2.19. The molecule has 0 fully saturated rings. The van der Waals surface area contributed by atoms with Crippen LogP contribution in [0.1, 0.15) is 46.6 Å². The normalized spacial score (nSPS) is 11.6. The molecule has 0 spiro atoms. The number of aryl methyl sites for hydroxylation is 1. The molecule has 1 atom stereocenters. The third kappa shape index (κ3) is 4.59. The van der Waals surface area contributed by atoms with E-state index in [-0.39, 0.29) is 18.0 Å². The molecule has 0 aliphatic carbocycles. The first-order chi connectivity index (χ1) is 12.3. The summed E-state index contributed by atoms with van der Waals surface area (Å²) in [5, 5.41) is 5.79. The fraction of sp³-hybridized carbons (Fsp3) is 0.350. The molecular weight excluding hydrogens is 328 g/mol. The van der Waals surface area contributed by atoms with E-state index in [0.717, 1.165) is 23.2 Å². The fourth-order valence-corrected chi connectivity index (χ4v) is 2.70. The Labute approximate surface area is 154 Å². The topological polar surface area (TPSA) is 74.3 Å². The Morgan fingerprint density at radius 2 is 1.92 bits per heavy atom. The first-order valence-electron chi connectivity index (χ1n) is 8.64. The summed E-state index contributed by atoms with van der Waals surface area (Å²) >= 11 is 0. The molecular formula is C20H26N4O2. The summed E-state index contributed by atoms with van der Waals surface area (Å²) in [7, 11) is 3.41. The highest BCUT2D eigenvalue weighted by molar-refractivity contribution is 5.98. The van der Waals surface area contributed by atoms with E-state index in [1.54, 1.807) is 38.5 Å². The van der Waals surface area contributed by atoms with Crippen molar-refractivity contribution < 1.29 is 9.59 Å². The molecule has 2 rings (SSSR count). The third-order valence-corrected chi connectivity index (χ3v) is 4.23. The molecule has 1 aromatic carbocycles. The number of carbonyl (C=O) groups excluding carboxylic acids is 2. The lowest BCUT2D eigenvalue weighted by Crippen LogP contribution is -2.33. The Bertz CT molecular complexity index is 802. The third-order valence-electron chi connectivity index (χ3n) is 4.23. The monoisotopic (exact) mass is 354 g/mol. The van der Waals surface area contributed by atoms with Crippen LogP contribution in [0.5, 0.6) is 0 Å². The molecule has 0 saturated carbocycles. The van der Waals surface area contributed by atoms with Crippen LogP contribution in [0.2, 0.25) is 0 Å². The molecule has 2 aromatic rings. The number of anilines is 1. The number of carbonyl (C=O) groups is 2. The summed E-state index contributed by atoms with van der Waals surface area (Å²) in [6.45, 7) is 5.82. The smallest absolute Gasteiger partial charge is 0.319 e. The summed E-state index contributed by atoms with van der Waals surface area (Å²) < 4.78 is 0. The second-order valence-corrected chi connectivity index (χ2v) is 6.50. The zero-order valence-electron chi connectivity index (χ0n) is 16.0. The summed E-state index contributed by atoms with van der Waals surface area (Å²) in [6.07, 6.45) is 2.47. The van der Waals surface area contributed by atoms with Crippen LogP contribution in [0.4, 0.5) is 10.5 Å². The number of pyridine rings is 1. The highest BCUT2D eigenvalue weighted by Crippen LogP contribution is 2.21. The van der Waals surface area contributed by atoms with Crippen molar-refractivity contribution >= 4 is 17.6 Å². The molecule has 26 heavy (non-hydrogen) atoms. The summed E-state index contributed by atoms with van der Waals surface area (Å²) in [5.74, 6) is -0.0954. The Balaban J connectivity index is 2.14. The van der Waals surface area contributed by atoms with E-state index in [4.69, 9.17) is 0 Å². The number of hydrogen-bond acceptors (Lipinski definition) is 3. The van der Waals surface area contributed by atoms with Gasteiger partial charge in [0.15, 0.2) is 0 Å². The van der Waals surface area contributed by atoms with Gasteiger partial charge in [-0.1, -0.05) is 13.0 Å². The van der Waals surface area contributed by atoms with Crippen LogP contribution in [0.25, 0.3) is 0 Å². The molecule has 0 aliphatic heterocycles. The number of benzene rings is 1. The van der Waals surface area contributed by atoms with E-state index in [2.05, 4.69) is 15.6 Å². The molecule has 0 radical (unpaired) electrons. The van der Waals surface area contributed by atoms with E-state index in [0.29, 0.717) is 11.3 Å². The number of nitrogens with zero attached hydrogens (tertiary/aromatic N) is 2. The molecule has 0 bridgehead atoms. The fourth-order valence-electron chi connectivity index (χ4n) is 2.70. The summed E-state index contributed by atoms with van der Waals surface area (Å²) in [4.78, 5) is 30.6. The second-order valence-electron chi connectivity index (χ2n) is 6.50. The molecule has 2 N–H and O–H groups in total. The van der Waals surface area contributed by atoms with Gasteiger partial charge in [0.05, 0.1) is 11.7 Å². The Kier molecular flexibility index (Phi) is 6.33. The van der Waals surface area contributed by atoms with E-state index in [1.807, 2.05) is 32.9 Å². The van der Waals surface area contributed by atoms with Gasteiger partial charge in [-0.2, -0.15) is 0 Å². The minimum Gasteiger partial charge on any atom is -0.345 e. The maximum Gasteiger partial charge on any atom is 0.319 e. The van der Waals surface area contributed by atoms with Crippen molar-refractivity contribution in [3.05, 3.63) is 58.9 Å². The average molecular weight is 354 g/mol. The largest absolute Gasteiger partial charge is 0.345 e. The molecule has 6 heteroatoms. The van der Waals surface area contributed by atoms with Crippen LogP contribution in [-0.4, -0.2) is 35.9 Å². The minimum atomic E-state index is -0.322. The van der Waals surface area contributed by atoms with Crippen molar-refractivity contribution in [2.75, 3.05) is 19.4 Å². The van der Waals surface area contributed by atoms with Crippen molar-refractivity contribution in [1.29, 1.82) is 0 Å². The molecule has 0 unspecified atom stereocenters. The minimum absolute atomic E-state index is 0.0954. The van der Waals surface area contributed by atoms with Crippen molar-refractivity contribution in [1.82, 2.24) is 15.2 Å². The van der Waals surface area contributed by atoms with Crippen molar-refractivity contribution in [3.8, 4) is 0 Å². The molecule has 6 nitrogen and oxygen atoms in total. The van der Waals surface area contributed by atoms with Crippen LogP contribution in [0, 0.1) is 13.8 Å². The van der Waals surface area contributed by atoms with Gasteiger partial charge in [0.25, 0.3) is 5.91 Å². The predicted octanol–water partition coefficient (Wildman–Crippen LogP) is 3.67. The molecule has 1 heterocycles. The van der Waals surface area contributed by atoms with Crippen molar-refractivity contribution in [2.45, 2.75) is 33.2 Å². The van der Waals surface area contributed by atoms with Gasteiger partial charge in [0.2, 0.25) is 0 Å². The van der Waals surface area contributed by atoms with Crippen LogP contribution < -0.4 is 10.6 Å². The van der Waals surface area contributed by atoms with E-state index in [1.165, 1.54) is 4.90 Å². The van der Waals surface area contributed by atoms with E-state index >= 15 is 0 Å². The summed E-state index contributed by atoms with van der Waals surface area (Å²) in [6, 6.07) is 8.70. The first-order valence-corrected chi connectivity index (χ1v) is 8.64. The van der Waals surface area contributed by atoms with Gasteiger partial charge in [-0.3, -0.25) is 9.78 Å². The quantitative estimate of drug-likeness (QED) is 0.860. The molecule has 3 amide bonds. The Morgan fingerprint density at radius 1 is 1.19 bits per heavy atom. The highest BCUT2D eigenvalue weighted by Gasteiger charge is 2.17. The zero-order chi connectivity index (χ0) is 19.3. The number of nitrogens with one attached hydrogen (secondary N) is 2. The van der Waals surface area contributed by atoms with Gasteiger partial charge >= 0.3 is 6.03 Å². The van der Waals surface area contributed by atoms with Gasteiger partial charge in [-0.25, -0.2) is 4.79 Å². The van der Waals surface area contributed by atoms with Crippen LogP contribution >= 0.6 is 0 Å². The van der Waals surface area contributed by atoms with Crippen LogP contribution in [-0.2, 0) is 0 Å². The molecule has 138 valence electrons. The molecule has 0 aliphatic rings. The van der Waals surface area contributed by atoms with Crippen LogP contribution in [0.3, 0.4) is 0 Å². The number of hydrogen-bond donors (Lipinski definition) is 2. The Hall–Kier alpha value is -2.89. The summed E-state index contributed by atoms with van der Waals surface area (Å²) in [5.41, 5.74) is 3.85. The van der Waals surface area contributed by atoms with Crippen molar-refractivity contribution in [2.24, 2.45) is 0 Å². The van der Waals surface area contributed by atoms with Gasteiger partial charge in [0, 0.05) is 31.5 Å². The number of rotatable bonds is 5. The molecule has 1 aromatic heterocycles. The number of aromatic nitrogens is 1. The number of amides is 3. The van der Waals surface area contributed by atoms with E-state index < -0.39 is 0 Å². The number of urea groups is 1. The average Bonchev–Trinajstić information content (AvgIpc) is 2.60. The first kappa shape index (κ1) is 19.4. The van der Waals surface area contributed by atoms with E-state index in [9.17, 15) is 9.59 Å². The maximum atomic E-state index is 12.5. The second kappa shape index (κ2) is 8.47. The maximum absolute atomic E-state index is 12.5. The molecule has 0 saturated heterocycles. The SMILES string of the molecule is CC[C@@H](NC(=O)Nc1cccc(C(=O)N(C)C)c1C)c1cc(C)ccn1. The lowest BCUT2D eigenvalue weighted by molar-refractivity contribution is 0.0827. The predicted molar refractivity (Wildman–Crippen MR) is 103 cm³/mol. The highest BCUT2D eigenvalue weighted by atomic mass is 16.2. The van der Waals surface area contributed by atoms with Gasteiger partial charge < -0.3 is 15.5 Å². The van der Waals surface area contributed by atoms with Crippen LogP contribution in [0.15, 0.2) is 36.5 Å². The lowest BCUT2D eigenvalue weighted by atomic mass is 10.1. The zero-order valence-corrected chi connectivity index (χ0v) is 16.0. The Morgan fingerprint density at radius 3 is 2.54 bits per heavy atom. The van der Waals surface area contributed by atoms with Crippen molar-refractivity contribution in [3.63, 3.8) is 0 Å². The standard InChI is InChI=1S/C20H26N4O2/c1-6-16(18-12-13(2)10-11-21-18)22-20(26)23-17-9-7-8-15(14(17)3)19(25)24(4)5/h7-12,16H,6H2,1-5H3,(H2,22,23,26)/t16-/m1/s1.